The molecule has 0 saturated carbocycles. The molecule has 0 heterocycles. The first kappa shape index (κ1) is 16.4. The maximum absolute atomic E-state index is 14.2. The van der Waals surface area contributed by atoms with Gasteiger partial charge in [0.25, 0.3) is 0 Å². The molecule has 0 fully saturated rings. The van der Waals surface area contributed by atoms with Crippen molar-refractivity contribution in [2.45, 2.75) is 19.4 Å². The van der Waals surface area contributed by atoms with Crippen LogP contribution < -0.4 is 5.32 Å². The molecule has 0 saturated heterocycles. The first-order valence-electron chi connectivity index (χ1n) is 6.64. The van der Waals surface area contributed by atoms with Crippen LogP contribution in [0.15, 0.2) is 40.9 Å². The van der Waals surface area contributed by atoms with E-state index < -0.39 is 5.82 Å². The quantitative estimate of drug-likeness (QED) is 0.751. The summed E-state index contributed by atoms with van der Waals surface area (Å²) in [6.45, 7) is 2.64. The Kier molecular flexibility index (Phi) is 5.73. The van der Waals surface area contributed by atoms with Crippen LogP contribution in [0.25, 0.3) is 0 Å². The van der Waals surface area contributed by atoms with E-state index in [1.165, 1.54) is 12.1 Å². The number of hydrogen-bond donors (Lipinski definition) is 1. The summed E-state index contributed by atoms with van der Waals surface area (Å²) in [5, 5.41) is 3.32. The Labute approximate surface area is 136 Å². The predicted molar refractivity (Wildman–Crippen MR) is 85.6 cm³/mol. The zero-order valence-electron chi connectivity index (χ0n) is 11.5. The van der Waals surface area contributed by atoms with E-state index in [-0.39, 0.29) is 16.9 Å². The van der Waals surface area contributed by atoms with Crippen LogP contribution in [0.2, 0.25) is 5.02 Å². The van der Waals surface area contributed by atoms with Gasteiger partial charge in [-0.3, -0.25) is 0 Å². The number of hydrogen-bond acceptors (Lipinski definition) is 1. The summed E-state index contributed by atoms with van der Waals surface area (Å²) in [4.78, 5) is 0. The molecule has 112 valence electrons. The summed E-state index contributed by atoms with van der Waals surface area (Å²) in [6, 6.07) is 9.62. The van der Waals surface area contributed by atoms with Crippen LogP contribution in [0.3, 0.4) is 0 Å². The molecule has 0 aliphatic rings. The van der Waals surface area contributed by atoms with E-state index in [1.54, 1.807) is 24.3 Å². The smallest absolute Gasteiger partial charge is 0.142 e. The molecular weight excluding hydrogens is 360 g/mol. The van der Waals surface area contributed by atoms with Crippen LogP contribution in [-0.4, -0.2) is 6.54 Å². The van der Waals surface area contributed by atoms with Crippen molar-refractivity contribution in [2.24, 2.45) is 0 Å². The van der Waals surface area contributed by atoms with Crippen LogP contribution in [-0.2, 0) is 6.42 Å². The fraction of sp³-hybridized carbons (Fsp3) is 0.250. The van der Waals surface area contributed by atoms with Crippen LogP contribution in [0.4, 0.5) is 8.78 Å². The number of nitrogens with one attached hydrogen (secondary N) is 1. The van der Waals surface area contributed by atoms with Crippen molar-refractivity contribution in [1.82, 2.24) is 5.32 Å². The molecule has 1 N–H and O–H groups in total. The summed E-state index contributed by atoms with van der Waals surface area (Å²) in [7, 11) is 0. The van der Waals surface area contributed by atoms with Gasteiger partial charge >= 0.3 is 0 Å². The molecule has 0 spiro atoms. The third-order valence-corrected chi connectivity index (χ3v) is 4.15. The van der Waals surface area contributed by atoms with E-state index in [2.05, 4.69) is 21.2 Å². The minimum Gasteiger partial charge on any atom is -0.310 e. The van der Waals surface area contributed by atoms with Gasteiger partial charge in [-0.1, -0.05) is 36.7 Å². The monoisotopic (exact) mass is 373 g/mol. The summed E-state index contributed by atoms with van der Waals surface area (Å²) < 4.78 is 28.2. The summed E-state index contributed by atoms with van der Waals surface area (Å²) in [6.07, 6.45) is 0.481. The van der Waals surface area contributed by atoms with Crippen LogP contribution in [0, 0.1) is 11.6 Å². The Balaban J connectivity index is 2.30. The zero-order chi connectivity index (χ0) is 15.4. The van der Waals surface area contributed by atoms with Gasteiger partial charge in [0.2, 0.25) is 0 Å². The van der Waals surface area contributed by atoms with Gasteiger partial charge in [-0.05, 0) is 52.7 Å². The van der Waals surface area contributed by atoms with E-state index in [9.17, 15) is 8.78 Å². The minimum absolute atomic E-state index is 0.0902. The second-order valence-corrected chi connectivity index (χ2v) is 5.97. The third-order valence-electron chi connectivity index (χ3n) is 3.23. The molecule has 1 atom stereocenters. The lowest BCUT2D eigenvalue weighted by molar-refractivity contribution is 0.506. The molecule has 21 heavy (non-hydrogen) atoms. The lowest BCUT2D eigenvalue weighted by Gasteiger charge is -2.20. The Morgan fingerprint density at radius 1 is 1.24 bits per heavy atom. The van der Waals surface area contributed by atoms with Crippen molar-refractivity contribution >= 4 is 27.5 Å². The second-order valence-electron chi connectivity index (χ2n) is 4.71. The summed E-state index contributed by atoms with van der Waals surface area (Å²) >= 11 is 8.88. The van der Waals surface area contributed by atoms with E-state index in [1.807, 2.05) is 6.92 Å². The van der Waals surface area contributed by atoms with Crippen LogP contribution in [0.5, 0.6) is 0 Å². The van der Waals surface area contributed by atoms with Gasteiger partial charge in [-0.2, -0.15) is 0 Å². The molecule has 2 aromatic rings. The molecular formula is C16H15BrClF2N. The first-order chi connectivity index (χ1) is 10.0. The lowest BCUT2D eigenvalue weighted by atomic mass is 9.98. The van der Waals surface area contributed by atoms with Crippen molar-refractivity contribution in [1.29, 1.82) is 0 Å². The topological polar surface area (TPSA) is 12.0 Å². The van der Waals surface area contributed by atoms with Crippen LogP contribution >= 0.6 is 27.5 Å². The highest BCUT2D eigenvalue weighted by atomic mass is 79.9. The zero-order valence-corrected chi connectivity index (χ0v) is 13.8. The highest BCUT2D eigenvalue weighted by Crippen LogP contribution is 2.27. The largest absolute Gasteiger partial charge is 0.310 e. The Bertz CT molecular complexity index is 634. The first-order valence-corrected chi connectivity index (χ1v) is 7.81. The third kappa shape index (κ3) is 4.02. The van der Waals surface area contributed by atoms with Crippen molar-refractivity contribution in [3.63, 3.8) is 0 Å². The van der Waals surface area contributed by atoms with Gasteiger partial charge < -0.3 is 5.32 Å². The second kappa shape index (κ2) is 7.34. The molecule has 5 heteroatoms. The minimum atomic E-state index is -0.459. The lowest BCUT2D eigenvalue weighted by Crippen LogP contribution is -2.24. The standard InChI is InChI=1S/C16H15BrClF2N/c1-2-21-15(11-4-3-5-12(17)16(11)20)9-10-6-7-13(18)14(19)8-10/h3-8,15,21H,2,9H2,1H3. The number of likely N-dealkylation sites (N-methyl/N-ethyl adjacent to an activating group) is 1. The molecule has 0 aliphatic heterocycles. The van der Waals surface area contributed by atoms with E-state index >= 15 is 0 Å². The Morgan fingerprint density at radius 3 is 2.67 bits per heavy atom. The predicted octanol–water partition coefficient (Wildman–Crippen LogP) is 5.27. The van der Waals surface area contributed by atoms with Crippen molar-refractivity contribution in [2.75, 3.05) is 6.54 Å². The number of rotatable bonds is 5. The van der Waals surface area contributed by atoms with Gasteiger partial charge in [0.05, 0.1) is 9.50 Å². The Hall–Kier alpha value is -0.970. The van der Waals surface area contributed by atoms with Crippen molar-refractivity contribution in [3.05, 3.63) is 68.7 Å². The molecule has 2 aromatic carbocycles. The fourth-order valence-corrected chi connectivity index (χ4v) is 2.73. The highest BCUT2D eigenvalue weighted by molar-refractivity contribution is 9.10. The fourth-order valence-electron chi connectivity index (χ4n) is 2.23. The van der Waals surface area contributed by atoms with Gasteiger partial charge in [0.15, 0.2) is 0 Å². The summed E-state index contributed by atoms with van der Waals surface area (Å²) in [5.74, 6) is -0.753. The maximum Gasteiger partial charge on any atom is 0.142 e. The van der Waals surface area contributed by atoms with Gasteiger partial charge in [0.1, 0.15) is 11.6 Å². The summed E-state index contributed by atoms with van der Waals surface area (Å²) in [5.41, 5.74) is 1.32. The molecule has 2 rings (SSSR count). The van der Waals surface area contributed by atoms with E-state index in [0.717, 1.165) is 5.56 Å². The molecule has 1 unspecified atom stereocenters. The molecule has 0 bridgehead atoms. The normalized spacial score (nSPS) is 12.4. The van der Waals surface area contributed by atoms with E-state index in [4.69, 9.17) is 11.6 Å². The molecule has 0 aliphatic carbocycles. The molecule has 0 aromatic heterocycles. The number of halogens is 4. The van der Waals surface area contributed by atoms with Gasteiger partial charge in [-0.25, -0.2) is 8.78 Å². The van der Waals surface area contributed by atoms with Gasteiger partial charge in [-0.15, -0.1) is 0 Å². The van der Waals surface area contributed by atoms with Gasteiger partial charge in [0, 0.05) is 11.6 Å². The van der Waals surface area contributed by atoms with E-state index in [0.29, 0.717) is 23.0 Å². The highest BCUT2D eigenvalue weighted by Gasteiger charge is 2.17. The molecule has 0 radical (unpaired) electrons. The molecule has 0 amide bonds. The maximum atomic E-state index is 14.2. The van der Waals surface area contributed by atoms with Crippen molar-refractivity contribution < 1.29 is 8.78 Å². The average molecular weight is 375 g/mol. The average Bonchev–Trinajstić information content (AvgIpc) is 2.45. The SMILES string of the molecule is CCNC(Cc1ccc(Cl)c(F)c1)c1cccc(Br)c1F. The van der Waals surface area contributed by atoms with Crippen molar-refractivity contribution in [3.8, 4) is 0 Å². The van der Waals surface area contributed by atoms with Crippen LogP contribution in [0.1, 0.15) is 24.1 Å². The molecule has 1 nitrogen and oxygen atoms in total. The number of benzene rings is 2. The Morgan fingerprint density at radius 2 is 2.00 bits per heavy atom.